The molecule has 3 N–H and O–H groups in total. The average Bonchev–Trinajstić information content (AvgIpc) is 2.50. The molecular weight excluding hydrogens is 289 g/mol. The molecular formula is C16H24FNO4. The van der Waals surface area contributed by atoms with Gasteiger partial charge in [0.05, 0.1) is 6.61 Å². The number of ether oxygens (including phenoxy) is 2. The lowest BCUT2D eigenvalue weighted by atomic mass is 10.1. The fraction of sp³-hybridized carbons (Fsp3) is 0.562. The van der Waals surface area contributed by atoms with Crippen molar-refractivity contribution in [1.82, 2.24) is 0 Å². The Bertz CT molecular complexity index is 467. The summed E-state index contributed by atoms with van der Waals surface area (Å²) in [4.78, 5) is 10.9. The zero-order valence-electron chi connectivity index (χ0n) is 12.9. The van der Waals surface area contributed by atoms with Crippen LogP contribution >= 0.6 is 0 Å². The molecule has 0 saturated carbocycles. The minimum Gasteiger partial charge on any atom is -0.493 e. The first-order valence-electron chi connectivity index (χ1n) is 7.51. The number of hydrogen-bond acceptors (Lipinski definition) is 4. The number of unbranched alkanes of at least 4 members (excludes halogenated alkanes) is 2. The number of carboxylic acids is 1. The summed E-state index contributed by atoms with van der Waals surface area (Å²) in [7, 11) is 0. The van der Waals surface area contributed by atoms with Gasteiger partial charge in [0, 0.05) is 6.42 Å². The number of aliphatic carboxylic acids is 1. The van der Waals surface area contributed by atoms with E-state index >= 15 is 0 Å². The Labute approximate surface area is 130 Å². The molecule has 5 nitrogen and oxygen atoms in total. The van der Waals surface area contributed by atoms with E-state index < -0.39 is 18.7 Å². The molecule has 1 atom stereocenters. The topological polar surface area (TPSA) is 81.8 Å². The zero-order chi connectivity index (χ0) is 16.4. The lowest BCUT2D eigenvalue weighted by molar-refractivity contribution is -0.138. The fourth-order valence-electron chi connectivity index (χ4n) is 1.96. The van der Waals surface area contributed by atoms with Gasteiger partial charge in [-0.1, -0.05) is 19.8 Å². The number of halogens is 1. The zero-order valence-corrected chi connectivity index (χ0v) is 12.9. The third kappa shape index (κ3) is 6.30. The van der Waals surface area contributed by atoms with Crippen LogP contribution in [-0.4, -0.2) is 37.0 Å². The van der Waals surface area contributed by atoms with Gasteiger partial charge >= 0.3 is 5.97 Å². The first kappa shape index (κ1) is 18.2. The first-order chi connectivity index (χ1) is 10.6. The van der Waals surface area contributed by atoms with Crippen molar-refractivity contribution in [2.75, 3.05) is 19.9 Å². The molecule has 1 unspecified atom stereocenters. The predicted octanol–water partition coefficient (Wildman–Crippen LogP) is 2.56. The number of benzene rings is 1. The van der Waals surface area contributed by atoms with E-state index in [1.165, 1.54) is 0 Å². The second-order valence-electron chi connectivity index (χ2n) is 5.01. The summed E-state index contributed by atoms with van der Waals surface area (Å²) in [6.07, 6.45) is 3.23. The van der Waals surface area contributed by atoms with Crippen molar-refractivity contribution in [3.63, 3.8) is 0 Å². The highest BCUT2D eigenvalue weighted by molar-refractivity contribution is 5.73. The van der Waals surface area contributed by atoms with E-state index in [0.717, 1.165) is 19.3 Å². The van der Waals surface area contributed by atoms with Gasteiger partial charge in [-0.2, -0.15) is 0 Å². The number of carboxylic acid groups (broad SMARTS) is 1. The van der Waals surface area contributed by atoms with Gasteiger partial charge in [0.25, 0.3) is 0 Å². The molecule has 0 saturated heterocycles. The summed E-state index contributed by atoms with van der Waals surface area (Å²) in [6, 6.07) is 4.03. The van der Waals surface area contributed by atoms with E-state index in [1.54, 1.807) is 18.2 Å². The minimum absolute atomic E-state index is 0.0405. The monoisotopic (exact) mass is 313 g/mol. The second-order valence-corrected chi connectivity index (χ2v) is 5.01. The molecule has 0 radical (unpaired) electrons. The maximum Gasteiger partial charge on any atom is 0.320 e. The van der Waals surface area contributed by atoms with Crippen LogP contribution in [0.5, 0.6) is 11.5 Å². The van der Waals surface area contributed by atoms with E-state index in [2.05, 4.69) is 6.92 Å². The van der Waals surface area contributed by atoms with Crippen LogP contribution in [0.25, 0.3) is 0 Å². The van der Waals surface area contributed by atoms with E-state index in [-0.39, 0.29) is 13.0 Å². The van der Waals surface area contributed by atoms with Gasteiger partial charge < -0.3 is 20.3 Å². The number of carbonyl (C=O) groups is 1. The molecule has 6 heteroatoms. The van der Waals surface area contributed by atoms with Crippen LogP contribution in [0.2, 0.25) is 0 Å². The van der Waals surface area contributed by atoms with Crippen LogP contribution in [0.4, 0.5) is 4.39 Å². The standard InChI is InChI=1S/C16H24FNO4/c1-2-3-4-8-22-15-6-5-13(21-9-7-17)10-12(15)11-14(18)16(19)20/h5-6,10,14H,2-4,7-9,11,18H2,1H3,(H,19,20). The number of nitrogens with two attached hydrogens (primary N) is 1. The van der Waals surface area contributed by atoms with Crippen molar-refractivity contribution in [2.24, 2.45) is 5.73 Å². The summed E-state index contributed by atoms with van der Waals surface area (Å²) in [5, 5.41) is 8.94. The maximum atomic E-state index is 12.2. The van der Waals surface area contributed by atoms with Crippen molar-refractivity contribution in [3.8, 4) is 11.5 Å². The van der Waals surface area contributed by atoms with Crippen LogP contribution in [0.1, 0.15) is 31.7 Å². The van der Waals surface area contributed by atoms with E-state index in [9.17, 15) is 9.18 Å². The fourth-order valence-corrected chi connectivity index (χ4v) is 1.96. The summed E-state index contributed by atoms with van der Waals surface area (Å²) in [5.41, 5.74) is 6.24. The Morgan fingerprint density at radius 2 is 2.09 bits per heavy atom. The highest BCUT2D eigenvalue weighted by Gasteiger charge is 2.16. The molecule has 0 heterocycles. The second kappa shape index (κ2) is 10.00. The normalized spacial score (nSPS) is 12.0. The maximum absolute atomic E-state index is 12.2. The average molecular weight is 313 g/mol. The number of alkyl halides is 1. The Kier molecular flexibility index (Phi) is 8.28. The van der Waals surface area contributed by atoms with Crippen LogP contribution in [0.3, 0.4) is 0 Å². The molecule has 124 valence electrons. The van der Waals surface area contributed by atoms with Crippen LogP contribution in [0.15, 0.2) is 18.2 Å². The predicted molar refractivity (Wildman–Crippen MR) is 82.2 cm³/mol. The molecule has 0 aliphatic heterocycles. The van der Waals surface area contributed by atoms with Gasteiger partial charge in [0.2, 0.25) is 0 Å². The van der Waals surface area contributed by atoms with Crippen LogP contribution < -0.4 is 15.2 Å². The molecule has 0 spiro atoms. The molecule has 22 heavy (non-hydrogen) atoms. The summed E-state index contributed by atoms with van der Waals surface area (Å²) in [5.74, 6) is -0.00133. The molecule has 1 aromatic rings. The van der Waals surface area contributed by atoms with E-state index in [4.69, 9.17) is 20.3 Å². The van der Waals surface area contributed by atoms with Crippen LogP contribution in [-0.2, 0) is 11.2 Å². The molecule has 0 aliphatic carbocycles. The highest BCUT2D eigenvalue weighted by Crippen LogP contribution is 2.26. The Hall–Kier alpha value is -1.82. The van der Waals surface area contributed by atoms with Gasteiger partial charge in [-0.25, -0.2) is 4.39 Å². The van der Waals surface area contributed by atoms with Crippen molar-refractivity contribution in [2.45, 2.75) is 38.6 Å². The lowest BCUT2D eigenvalue weighted by Gasteiger charge is -2.15. The van der Waals surface area contributed by atoms with Gasteiger partial charge in [-0.3, -0.25) is 4.79 Å². The largest absolute Gasteiger partial charge is 0.493 e. The van der Waals surface area contributed by atoms with Gasteiger partial charge in [-0.05, 0) is 30.2 Å². The SMILES string of the molecule is CCCCCOc1ccc(OCCF)cc1CC(N)C(=O)O. The molecule has 0 amide bonds. The van der Waals surface area contributed by atoms with E-state index in [0.29, 0.717) is 23.7 Å². The highest BCUT2D eigenvalue weighted by atomic mass is 19.1. The Morgan fingerprint density at radius 1 is 1.32 bits per heavy atom. The third-order valence-electron chi connectivity index (χ3n) is 3.14. The molecule has 0 aliphatic rings. The third-order valence-corrected chi connectivity index (χ3v) is 3.14. The molecule has 1 aromatic carbocycles. The molecule has 0 fully saturated rings. The summed E-state index contributed by atoms with van der Waals surface area (Å²) >= 11 is 0. The van der Waals surface area contributed by atoms with Crippen molar-refractivity contribution in [3.05, 3.63) is 23.8 Å². The molecule has 0 bridgehead atoms. The van der Waals surface area contributed by atoms with E-state index in [1.807, 2.05) is 0 Å². The van der Waals surface area contributed by atoms with Crippen molar-refractivity contribution in [1.29, 1.82) is 0 Å². The lowest BCUT2D eigenvalue weighted by Crippen LogP contribution is -2.32. The van der Waals surface area contributed by atoms with Gasteiger partial charge in [-0.15, -0.1) is 0 Å². The summed E-state index contributed by atoms with van der Waals surface area (Å²) in [6.45, 7) is 2.04. The smallest absolute Gasteiger partial charge is 0.320 e. The number of hydrogen-bond donors (Lipinski definition) is 2. The Morgan fingerprint density at radius 3 is 2.73 bits per heavy atom. The molecule has 1 rings (SSSR count). The summed E-state index contributed by atoms with van der Waals surface area (Å²) < 4.78 is 23.1. The Balaban J connectivity index is 2.80. The molecule has 0 aromatic heterocycles. The van der Waals surface area contributed by atoms with Crippen molar-refractivity contribution >= 4 is 5.97 Å². The van der Waals surface area contributed by atoms with Gasteiger partial charge in [0.1, 0.15) is 30.8 Å². The van der Waals surface area contributed by atoms with Gasteiger partial charge in [0.15, 0.2) is 0 Å². The van der Waals surface area contributed by atoms with Crippen LogP contribution in [0, 0.1) is 0 Å². The number of rotatable bonds is 11. The minimum atomic E-state index is -1.08. The first-order valence-corrected chi connectivity index (χ1v) is 7.51. The van der Waals surface area contributed by atoms with Crippen molar-refractivity contribution < 1.29 is 23.8 Å². The quantitative estimate of drug-likeness (QED) is 0.614.